The van der Waals surface area contributed by atoms with Gasteiger partial charge in [-0.15, -0.1) is 0 Å². The van der Waals surface area contributed by atoms with E-state index < -0.39 is 0 Å². The molecule has 2 aromatic carbocycles. The van der Waals surface area contributed by atoms with Crippen LogP contribution in [0.2, 0.25) is 0 Å². The van der Waals surface area contributed by atoms with Crippen molar-refractivity contribution >= 4 is 16.6 Å². The zero-order valence-corrected chi connectivity index (χ0v) is 11.9. The molecule has 0 saturated carbocycles. The molecule has 0 aliphatic heterocycles. The molecule has 4 nitrogen and oxygen atoms in total. The average molecular weight is 279 g/mol. The van der Waals surface area contributed by atoms with E-state index in [2.05, 4.69) is 27.6 Å². The fourth-order valence-corrected chi connectivity index (χ4v) is 2.36. The van der Waals surface area contributed by atoms with E-state index in [9.17, 15) is 0 Å². The number of nitrogens with one attached hydrogen (secondary N) is 1. The molecule has 0 aliphatic rings. The van der Waals surface area contributed by atoms with Gasteiger partial charge < -0.3 is 10.1 Å². The topological polar surface area (TPSA) is 47.0 Å². The highest BCUT2D eigenvalue weighted by Crippen LogP contribution is 2.21. The largest absolute Gasteiger partial charge is 0.380 e. The van der Waals surface area contributed by atoms with Gasteiger partial charge in [0.15, 0.2) is 0 Å². The highest BCUT2D eigenvalue weighted by molar-refractivity contribution is 5.90. The van der Waals surface area contributed by atoms with Crippen LogP contribution in [0.15, 0.2) is 54.7 Å². The first-order valence-corrected chi connectivity index (χ1v) is 6.88. The molecule has 0 fully saturated rings. The number of hydrogen-bond donors (Lipinski definition) is 1. The molecule has 1 heterocycles. The maximum absolute atomic E-state index is 5.24. The van der Waals surface area contributed by atoms with Crippen LogP contribution in [0.25, 0.3) is 10.9 Å². The lowest BCUT2D eigenvalue weighted by Crippen LogP contribution is -2.04. The van der Waals surface area contributed by atoms with Crippen molar-refractivity contribution in [1.29, 1.82) is 0 Å². The Morgan fingerprint density at radius 1 is 1.00 bits per heavy atom. The van der Waals surface area contributed by atoms with Gasteiger partial charge in [-0.05, 0) is 17.2 Å². The summed E-state index contributed by atoms with van der Waals surface area (Å²) in [7, 11) is 1.71. The highest BCUT2D eigenvalue weighted by atomic mass is 16.5. The minimum Gasteiger partial charge on any atom is -0.380 e. The molecule has 21 heavy (non-hydrogen) atoms. The molecule has 3 rings (SSSR count). The number of rotatable bonds is 5. The summed E-state index contributed by atoms with van der Waals surface area (Å²) in [6.07, 6.45) is 1.77. The maximum atomic E-state index is 5.24. The predicted octanol–water partition coefficient (Wildman–Crippen LogP) is 3.39. The van der Waals surface area contributed by atoms with Crippen LogP contribution in [0.1, 0.15) is 11.1 Å². The highest BCUT2D eigenvalue weighted by Gasteiger charge is 2.04. The third-order valence-corrected chi connectivity index (χ3v) is 3.43. The Balaban J connectivity index is 1.84. The maximum Gasteiger partial charge on any atom is 0.0950 e. The molecule has 4 heteroatoms. The van der Waals surface area contributed by atoms with Gasteiger partial charge >= 0.3 is 0 Å². The van der Waals surface area contributed by atoms with Gasteiger partial charge in [0.05, 0.1) is 24.0 Å². The van der Waals surface area contributed by atoms with E-state index in [1.807, 2.05) is 36.4 Å². The summed E-state index contributed by atoms with van der Waals surface area (Å²) >= 11 is 0. The molecular formula is C17H17N3O. The second-order valence-electron chi connectivity index (χ2n) is 4.83. The van der Waals surface area contributed by atoms with Crippen molar-refractivity contribution in [2.24, 2.45) is 0 Å². The summed E-state index contributed by atoms with van der Waals surface area (Å²) < 4.78 is 5.24. The van der Waals surface area contributed by atoms with Crippen LogP contribution in [-0.2, 0) is 17.9 Å². The van der Waals surface area contributed by atoms with Gasteiger partial charge in [0.1, 0.15) is 0 Å². The molecule has 3 aromatic rings. The summed E-state index contributed by atoms with van der Waals surface area (Å²) in [6.45, 7) is 1.35. The molecule has 1 aromatic heterocycles. The minimum atomic E-state index is 0.618. The van der Waals surface area contributed by atoms with E-state index in [1.165, 1.54) is 11.1 Å². The lowest BCUT2D eigenvalue weighted by atomic mass is 10.1. The lowest BCUT2D eigenvalue weighted by Gasteiger charge is -2.12. The molecule has 0 unspecified atom stereocenters. The van der Waals surface area contributed by atoms with Crippen LogP contribution in [-0.4, -0.2) is 17.3 Å². The summed E-state index contributed by atoms with van der Waals surface area (Å²) in [5, 5.41) is 12.7. The zero-order chi connectivity index (χ0) is 14.5. The zero-order valence-electron chi connectivity index (χ0n) is 11.9. The van der Waals surface area contributed by atoms with Gasteiger partial charge in [0.2, 0.25) is 0 Å². The van der Waals surface area contributed by atoms with E-state index >= 15 is 0 Å². The number of fused-ring (bicyclic) bond motifs is 1. The van der Waals surface area contributed by atoms with Crippen molar-refractivity contribution < 1.29 is 4.74 Å². The third-order valence-electron chi connectivity index (χ3n) is 3.43. The first kappa shape index (κ1) is 13.5. The molecule has 0 bridgehead atoms. The van der Waals surface area contributed by atoms with Gasteiger partial charge in [-0.25, -0.2) is 0 Å². The Morgan fingerprint density at radius 2 is 1.76 bits per heavy atom. The van der Waals surface area contributed by atoms with Crippen LogP contribution in [0.5, 0.6) is 0 Å². The number of anilines is 1. The number of methoxy groups -OCH3 is 1. The van der Waals surface area contributed by atoms with Gasteiger partial charge in [0.25, 0.3) is 0 Å². The van der Waals surface area contributed by atoms with Crippen LogP contribution in [0.4, 0.5) is 5.69 Å². The number of benzene rings is 2. The van der Waals surface area contributed by atoms with Crippen molar-refractivity contribution in [2.75, 3.05) is 12.4 Å². The van der Waals surface area contributed by atoms with Gasteiger partial charge in [-0.1, -0.05) is 42.5 Å². The molecule has 106 valence electrons. The molecule has 0 radical (unpaired) electrons. The van der Waals surface area contributed by atoms with E-state index in [1.54, 1.807) is 13.3 Å². The molecule has 0 atom stereocenters. The monoisotopic (exact) mass is 279 g/mol. The van der Waals surface area contributed by atoms with Crippen LogP contribution in [0.3, 0.4) is 0 Å². The normalized spacial score (nSPS) is 10.7. The van der Waals surface area contributed by atoms with E-state index in [4.69, 9.17) is 4.74 Å². The number of hydrogen-bond acceptors (Lipinski definition) is 4. The first-order chi connectivity index (χ1) is 10.4. The summed E-state index contributed by atoms with van der Waals surface area (Å²) in [5.74, 6) is 0. The standard InChI is InChI=1S/C17H17N3O/c1-21-12-14-7-3-2-6-13(14)10-18-17-11-19-20-16-9-5-4-8-15(16)17/h2-9,11H,10,12H2,1H3,(H,18,20). The Kier molecular flexibility index (Phi) is 4.07. The van der Waals surface area contributed by atoms with Crippen molar-refractivity contribution in [3.05, 3.63) is 65.9 Å². The molecule has 0 spiro atoms. The Labute approximate surface area is 123 Å². The summed E-state index contributed by atoms with van der Waals surface area (Å²) in [6, 6.07) is 16.3. The quantitative estimate of drug-likeness (QED) is 0.777. The predicted molar refractivity (Wildman–Crippen MR) is 84.0 cm³/mol. The smallest absolute Gasteiger partial charge is 0.0950 e. The molecule has 0 amide bonds. The van der Waals surface area contributed by atoms with E-state index in [0.717, 1.165) is 23.1 Å². The van der Waals surface area contributed by atoms with Crippen LogP contribution in [0, 0.1) is 0 Å². The Morgan fingerprint density at radius 3 is 2.62 bits per heavy atom. The van der Waals surface area contributed by atoms with Crippen LogP contribution < -0.4 is 5.32 Å². The Hall–Kier alpha value is -2.46. The van der Waals surface area contributed by atoms with Gasteiger partial charge in [-0.2, -0.15) is 10.2 Å². The number of ether oxygens (including phenoxy) is 1. The first-order valence-electron chi connectivity index (χ1n) is 6.88. The lowest BCUT2D eigenvalue weighted by molar-refractivity contribution is 0.184. The van der Waals surface area contributed by atoms with Crippen molar-refractivity contribution in [3.8, 4) is 0 Å². The fourth-order valence-electron chi connectivity index (χ4n) is 2.36. The molecule has 0 aliphatic carbocycles. The molecular weight excluding hydrogens is 262 g/mol. The third kappa shape index (κ3) is 3.01. The Bertz CT molecular complexity index is 737. The SMILES string of the molecule is COCc1ccccc1CNc1cnnc2ccccc12. The van der Waals surface area contributed by atoms with Gasteiger partial charge in [-0.3, -0.25) is 0 Å². The second kappa shape index (κ2) is 6.33. The summed E-state index contributed by atoms with van der Waals surface area (Å²) in [4.78, 5) is 0. The van der Waals surface area contributed by atoms with Crippen molar-refractivity contribution in [2.45, 2.75) is 13.2 Å². The van der Waals surface area contributed by atoms with E-state index in [0.29, 0.717) is 6.61 Å². The van der Waals surface area contributed by atoms with E-state index in [-0.39, 0.29) is 0 Å². The van der Waals surface area contributed by atoms with Crippen molar-refractivity contribution in [1.82, 2.24) is 10.2 Å². The van der Waals surface area contributed by atoms with Gasteiger partial charge in [0, 0.05) is 19.0 Å². The summed E-state index contributed by atoms with van der Waals surface area (Å²) in [5.41, 5.74) is 4.31. The fraction of sp³-hybridized carbons (Fsp3) is 0.176. The minimum absolute atomic E-state index is 0.618. The van der Waals surface area contributed by atoms with Crippen LogP contribution >= 0.6 is 0 Å². The number of aromatic nitrogens is 2. The number of nitrogens with zero attached hydrogens (tertiary/aromatic N) is 2. The molecule has 1 N–H and O–H groups in total. The second-order valence-corrected chi connectivity index (χ2v) is 4.83. The van der Waals surface area contributed by atoms with Crippen molar-refractivity contribution in [3.63, 3.8) is 0 Å². The average Bonchev–Trinajstić information content (AvgIpc) is 2.54. The molecule has 0 saturated heterocycles.